The van der Waals surface area contributed by atoms with Gasteiger partial charge in [-0.1, -0.05) is 38.1 Å². The summed E-state index contributed by atoms with van der Waals surface area (Å²) in [6, 6.07) is 7.67. The van der Waals surface area contributed by atoms with Gasteiger partial charge in [-0.05, 0) is 30.9 Å². The lowest BCUT2D eigenvalue weighted by Gasteiger charge is -2.25. The molecule has 18 heavy (non-hydrogen) atoms. The Morgan fingerprint density at radius 1 is 1.22 bits per heavy atom. The number of carbonyl (C=O) groups excluding carboxylic acids is 1. The van der Waals surface area contributed by atoms with Gasteiger partial charge in [-0.25, -0.2) is 0 Å². The van der Waals surface area contributed by atoms with Crippen molar-refractivity contribution in [3.63, 3.8) is 0 Å². The molecule has 0 aliphatic carbocycles. The van der Waals surface area contributed by atoms with Crippen LogP contribution in [0.15, 0.2) is 24.3 Å². The largest absolute Gasteiger partial charge is 0.348 e. The van der Waals surface area contributed by atoms with Gasteiger partial charge in [0.2, 0.25) is 5.91 Å². The van der Waals surface area contributed by atoms with E-state index in [-0.39, 0.29) is 24.4 Å². The van der Waals surface area contributed by atoms with Crippen LogP contribution in [0.3, 0.4) is 0 Å². The molecule has 0 aromatic heterocycles. The summed E-state index contributed by atoms with van der Waals surface area (Å²) >= 11 is 0. The van der Waals surface area contributed by atoms with Crippen LogP contribution < -0.4 is 11.1 Å². The highest BCUT2D eigenvalue weighted by Crippen LogP contribution is 2.24. The zero-order valence-electron chi connectivity index (χ0n) is 11.4. The maximum atomic E-state index is 11.7. The first-order valence-corrected chi connectivity index (χ1v) is 6.05. The Hall–Kier alpha value is -1.06. The summed E-state index contributed by atoms with van der Waals surface area (Å²) in [4.78, 5) is 11.7. The molecular weight excluding hydrogens is 248 g/mol. The van der Waals surface area contributed by atoms with Crippen LogP contribution in [0.4, 0.5) is 0 Å². The van der Waals surface area contributed by atoms with E-state index in [1.54, 1.807) is 6.92 Å². The smallest absolute Gasteiger partial charge is 0.237 e. The van der Waals surface area contributed by atoms with Gasteiger partial charge in [0.1, 0.15) is 0 Å². The van der Waals surface area contributed by atoms with Crippen LogP contribution in [0.2, 0.25) is 0 Å². The van der Waals surface area contributed by atoms with E-state index in [9.17, 15) is 4.79 Å². The van der Waals surface area contributed by atoms with Crippen LogP contribution in [-0.2, 0) is 4.79 Å². The fourth-order valence-corrected chi connectivity index (χ4v) is 1.82. The Balaban J connectivity index is 0.00000289. The van der Waals surface area contributed by atoms with Crippen molar-refractivity contribution < 1.29 is 4.79 Å². The molecule has 2 atom stereocenters. The molecule has 0 saturated carbocycles. The highest BCUT2D eigenvalue weighted by atomic mass is 35.5. The molecule has 0 fully saturated rings. The number of amides is 1. The second-order valence-corrected chi connectivity index (χ2v) is 4.88. The third-order valence-electron chi connectivity index (χ3n) is 2.90. The zero-order valence-corrected chi connectivity index (χ0v) is 12.3. The van der Waals surface area contributed by atoms with Gasteiger partial charge in [0.15, 0.2) is 0 Å². The standard InChI is InChI=1S/C14H22N2O.ClH/c1-9(2)13(16-14(17)11(4)15)12-8-6-5-7-10(12)3;/h5-9,11,13H,15H2,1-4H3,(H,16,17);1H/t11-,13?;/m0./s1. The molecule has 1 amide bonds. The molecule has 1 rings (SSSR count). The molecular formula is C14H23ClN2O. The van der Waals surface area contributed by atoms with Crippen molar-refractivity contribution in [3.05, 3.63) is 35.4 Å². The van der Waals surface area contributed by atoms with E-state index in [0.717, 1.165) is 5.56 Å². The third kappa shape index (κ3) is 4.31. The minimum absolute atomic E-state index is 0. The van der Waals surface area contributed by atoms with Crippen LogP contribution in [0, 0.1) is 12.8 Å². The number of carbonyl (C=O) groups is 1. The predicted octanol–water partition coefficient (Wildman–Crippen LogP) is 2.58. The van der Waals surface area contributed by atoms with E-state index in [0.29, 0.717) is 5.92 Å². The Morgan fingerprint density at radius 2 is 1.78 bits per heavy atom. The van der Waals surface area contributed by atoms with Gasteiger partial charge in [-0.3, -0.25) is 4.79 Å². The summed E-state index contributed by atoms with van der Waals surface area (Å²) in [5.41, 5.74) is 7.94. The number of nitrogens with two attached hydrogens (primary N) is 1. The first-order chi connectivity index (χ1) is 7.93. The summed E-state index contributed by atoms with van der Waals surface area (Å²) < 4.78 is 0. The van der Waals surface area contributed by atoms with Gasteiger partial charge < -0.3 is 11.1 Å². The molecule has 0 aliphatic rings. The maximum absolute atomic E-state index is 11.7. The van der Waals surface area contributed by atoms with E-state index in [4.69, 9.17) is 5.73 Å². The van der Waals surface area contributed by atoms with Gasteiger partial charge in [0, 0.05) is 0 Å². The van der Waals surface area contributed by atoms with E-state index in [2.05, 4.69) is 38.2 Å². The van der Waals surface area contributed by atoms with Gasteiger partial charge >= 0.3 is 0 Å². The Bertz CT molecular complexity index is 391. The van der Waals surface area contributed by atoms with Crippen molar-refractivity contribution in [1.29, 1.82) is 0 Å². The predicted molar refractivity (Wildman–Crippen MR) is 77.8 cm³/mol. The summed E-state index contributed by atoms with van der Waals surface area (Å²) in [6.07, 6.45) is 0. The second kappa shape index (κ2) is 7.39. The Labute approximate surface area is 116 Å². The molecule has 3 N–H and O–H groups in total. The van der Waals surface area contributed by atoms with Crippen LogP contribution in [0.25, 0.3) is 0 Å². The summed E-state index contributed by atoms with van der Waals surface area (Å²) in [6.45, 7) is 7.95. The molecule has 0 radical (unpaired) electrons. The summed E-state index contributed by atoms with van der Waals surface area (Å²) in [5.74, 6) is 0.228. The van der Waals surface area contributed by atoms with Crippen molar-refractivity contribution in [1.82, 2.24) is 5.32 Å². The molecule has 0 heterocycles. The fraction of sp³-hybridized carbons (Fsp3) is 0.500. The first-order valence-electron chi connectivity index (χ1n) is 6.05. The van der Waals surface area contributed by atoms with E-state index < -0.39 is 6.04 Å². The lowest BCUT2D eigenvalue weighted by atomic mass is 9.92. The number of aryl methyl sites for hydroxylation is 1. The molecule has 0 spiro atoms. The number of halogens is 1. The highest BCUT2D eigenvalue weighted by Gasteiger charge is 2.20. The summed E-state index contributed by atoms with van der Waals surface area (Å²) in [7, 11) is 0. The number of benzene rings is 1. The number of hydrogen-bond acceptors (Lipinski definition) is 2. The average Bonchev–Trinajstić information content (AvgIpc) is 2.26. The molecule has 0 saturated heterocycles. The van der Waals surface area contributed by atoms with Gasteiger partial charge in [0.25, 0.3) is 0 Å². The zero-order chi connectivity index (χ0) is 13.0. The molecule has 1 unspecified atom stereocenters. The van der Waals surface area contributed by atoms with Crippen LogP contribution >= 0.6 is 12.4 Å². The minimum Gasteiger partial charge on any atom is -0.348 e. The molecule has 0 bridgehead atoms. The molecule has 0 aliphatic heterocycles. The van der Waals surface area contributed by atoms with Crippen molar-refractivity contribution >= 4 is 18.3 Å². The van der Waals surface area contributed by atoms with E-state index in [1.165, 1.54) is 5.56 Å². The van der Waals surface area contributed by atoms with Crippen molar-refractivity contribution in [2.24, 2.45) is 11.7 Å². The summed E-state index contributed by atoms with van der Waals surface area (Å²) in [5, 5.41) is 3.01. The van der Waals surface area contributed by atoms with Gasteiger partial charge in [-0.15, -0.1) is 12.4 Å². The quantitative estimate of drug-likeness (QED) is 0.884. The van der Waals surface area contributed by atoms with Crippen molar-refractivity contribution in [3.8, 4) is 0 Å². The fourth-order valence-electron chi connectivity index (χ4n) is 1.82. The number of nitrogens with one attached hydrogen (secondary N) is 1. The lowest BCUT2D eigenvalue weighted by Crippen LogP contribution is -2.41. The third-order valence-corrected chi connectivity index (χ3v) is 2.90. The Morgan fingerprint density at radius 3 is 2.22 bits per heavy atom. The highest BCUT2D eigenvalue weighted by molar-refractivity contribution is 5.85. The molecule has 3 nitrogen and oxygen atoms in total. The Kier molecular flexibility index (Phi) is 6.96. The molecule has 4 heteroatoms. The second-order valence-electron chi connectivity index (χ2n) is 4.88. The first kappa shape index (κ1) is 16.9. The average molecular weight is 271 g/mol. The lowest BCUT2D eigenvalue weighted by molar-refractivity contribution is -0.123. The SMILES string of the molecule is Cc1ccccc1C(NC(=O)[C@H](C)N)C(C)C.Cl. The monoisotopic (exact) mass is 270 g/mol. The van der Waals surface area contributed by atoms with Crippen LogP contribution in [0.5, 0.6) is 0 Å². The van der Waals surface area contributed by atoms with Crippen molar-refractivity contribution in [2.45, 2.75) is 39.8 Å². The van der Waals surface area contributed by atoms with Crippen molar-refractivity contribution in [2.75, 3.05) is 0 Å². The normalized spacial score (nSPS) is 13.7. The maximum Gasteiger partial charge on any atom is 0.237 e. The van der Waals surface area contributed by atoms with E-state index >= 15 is 0 Å². The van der Waals surface area contributed by atoms with Gasteiger partial charge in [-0.2, -0.15) is 0 Å². The minimum atomic E-state index is -0.472. The molecule has 102 valence electrons. The van der Waals surface area contributed by atoms with Crippen LogP contribution in [0.1, 0.15) is 37.9 Å². The van der Waals surface area contributed by atoms with E-state index in [1.807, 2.05) is 12.1 Å². The molecule has 1 aromatic carbocycles. The number of rotatable bonds is 4. The van der Waals surface area contributed by atoms with Crippen LogP contribution in [-0.4, -0.2) is 11.9 Å². The number of hydrogen-bond donors (Lipinski definition) is 2. The molecule has 1 aromatic rings. The topological polar surface area (TPSA) is 55.1 Å². The van der Waals surface area contributed by atoms with Gasteiger partial charge in [0.05, 0.1) is 12.1 Å².